The summed E-state index contributed by atoms with van der Waals surface area (Å²) in [7, 11) is -1.38. The number of hydrogen-bond donors (Lipinski definition) is 2. The Morgan fingerprint density at radius 3 is 1.20 bits per heavy atom. The molecule has 5 aromatic rings. The highest BCUT2D eigenvalue weighted by Crippen LogP contribution is 2.38. The second kappa shape index (κ2) is 11.6. The van der Waals surface area contributed by atoms with Crippen LogP contribution in [0.15, 0.2) is 151 Å². The molecule has 0 saturated heterocycles. The molecule has 0 heterocycles. The highest BCUT2D eigenvalue weighted by molar-refractivity contribution is 6.50. The average molecular weight is 519 g/mol. The molecule has 1 aliphatic rings. The summed E-state index contributed by atoms with van der Waals surface area (Å²) in [6, 6.07) is 46.9. The van der Waals surface area contributed by atoms with Gasteiger partial charge >= 0.3 is 7.12 Å². The van der Waals surface area contributed by atoms with E-state index in [1.807, 2.05) is 24.3 Å². The maximum Gasteiger partial charge on any atom is 0.484 e. The van der Waals surface area contributed by atoms with Crippen LogP contribution < -0.4 is 4.90 Å². The third-order valence-corrected chi connectivity index (χ3v) is 7.47. The zero-order chi connectivity index (χ0) is 27.3. The van der Waals surface area contributed by atoms with E-state index in [1.165, 1.54) is 27.8 Å². The van der Waals surface area contributed by atoms with Gasteiger partial charge in [0.1, 0.15) is 0 Å². The molecule has 2 N–H and O–H groups in total. The maximum absolute atomic E-state index is 9.46. The third-order valence-electron chi connectivity index (χ3n) is 7.47. The fourth-order valence-corrected chi connectivity index (χ4v) is 5.25. The van der Waals surface area contributed by atoms with Crippen molar-refractivity contribution < 1.29 is 10.0 Å². The van der Waals surface area contributed by atoms with Crippen LogP contribution in [0.3, 0.4) is 0 Å². The van der Waals surface area contributed by atoms with Crippen LogP contribution in [0.4, 0.5) is 17.1 Å². The number of nitrogens with zero attached hydrogens (tertiary/aromatic N) is 1. The molecule has 0 unspecified atom stereocenters. The molecule has 194 valence electrons. The van der Waals surface area contributed by atoms with Crippen LogP contribution in [0.1, 0.15) is 18.4 Å². The molecule has 40 heavy (non-hydrogen) atoms. The van der Waals surface area contributed by atoms with Gasteiger partial charge in [-0.3, -0.25) is 0 Å². The monoisotopic (exact) mass is 519 g/mol. The van der Waals surface area contributed by atoms with Gasteiger partial charge in [0.2, 0.25) is 0 Å². The van der Waals surface area contributed by atoms with Gasteiger partial charge in [0.05, 0.1) is 0 Å². The lowest BCUT2D eigenvalue weighted by Crippen LogP contribution is -2.16. The molecule has 0 spiro atoms. The van der Waals surface area contributed by atoms with E-state index in [9.17, 15) is 10.0 Å². The molecule has 0 saturated carbocycles. The van der Waals surface area contributed by atoms with E-state index in [1.54, 1.807) is 0 Å². The highest BCUT2D eigenvalue weighted by Gasteiger charge is 2.18. The number of hydrogen-bond acceptors (Lipinski definition) is 3. The van der Waals surface area contributed by atoms with Crippen LogP contribution in [0.5, 0.6) is 0 Å². The summed E-state index contributed by atoms with van der Waals surface area (Å²) < 4.78 is 0. The van der Waals surface area contributed by atoms with Gasteiger partial charge in [-0.15, -0.1) is 0 Å². The lowest BCUT2D eigenvalue weighted by molar-refractivity contribution is 0.416. The predicted octanol–water partition coefficient (Wildman–Crippen LogP) is 8.61. The van der Waals surface area contributed by atoms with Crippen LogP contribution in [0.2, 0.25) is 0 Å². The van der Waals surface area contributed by atoms with Crippen LogP contribution >= 0.6 is 0 Å². The minimum Gasteiger partial charge on any atom is -0.423 e. The number of benzene rings is 5. The molecule has 0 aliphatic heterocycles. The topological polar surface area (TPSA) is 43.7 Å². The van der Waals surface area contributed by atoms with E-state index in [0.29, 0.717) is 11.9 Å². The molecular formula is C36H30BNO2. The van der Waals surface area contributed by atoms with E-state index < -0.39 is 7.12 Å². The number of anilines is 3. The molecule has 0 radical (unpaired) electrons. The fraction of sp³-hybridized carbons (Fsp3) is 0.0556. The minimum absolute atomic E-state index is 0.652. The summed E-state index contributed by atoms with van der Waals surface area (Å²) in [5, 5.41) is 18.9. The Morgan fingerprint density at radius 1 is 0.425 bits per heavy atom. The Balaban J connectivity index is 1.35. The molecule has 0 aromatic heterocycles. The number of rotatable bonds is 7. The molecule has 0 fully saturated rings. The van der Waals surface area contributed by atoms with E-state index in [4.69, 9.17) is 0 Å². The van der Waals surface area contributed by atoms with Crippen molar-refractivity contribution >= 4 is 29.8 Å². The molecule has 0 atom stereocenters. The highest BCUT2D eigenvalue weighted by atomic mass is 16.4. The SMILES string of the molecule is OB(O)C1=CC=C(c2ccc(N(c3ccc(-c4ccccc4)cc3)c3ccc(-c4ccccc4)cc3)cc2)CC1. The second-order valence-electron chi connectivity index (χ2n) is 10.0. The van der Waals surface area contributed by atoms with Gasteiger partial charge in [-0.1, -0.05) is 109 Å². The molecule has 5 aromatic carbocycles. The molecule has 1 aliphatic carbocycles. The van der Waals surface area contributed by atoms with Gasteiger partial charge < -0.3 is 14.9 Å². The van der Waals surface area contributed by atoms with Crippen molar-refractivity contribution in [3.05, 3.63) is 157 Å². The van der Waals surface area contributed by atoms with Gasteiger partial charge in [0.25, 0.3) is 0 Å². The van der Waals surface area contributed by atoms with Crippen LogP contribution in [0.25, 0.3) is 27.8 Å². The Kier molecular flexibility index (Phi) is 7.45. The molecule has 3 nitrogen and oxygen atoms in total. The van der Waals surface area contributed by atoms with Crippen molar-refractivity contribution in [1.29, 1.82) is 0 Å². The fourth-order valence-electron chi connectivity index (χ4n) is 5.25. The van der Waals surface area contributed by atoms with E-state index in [0.717, 1.165) is 29.0 Å². The number of allylic oxidation sites excluding steroid dienone is 4. The quantitative estimate of drug-likeness (QED) is 0.212. The standard InChI is InChI=1S/C36H30BNO2/c39-37(40)33-19-11-29(12-20-33)32-17-25-36(26-18-32)38(34-21-13-30(14-22-34)27-7-3-1-4-8-27)35-23-15-31(16-24-35)28-9-5-2-6-10-28/h1-11,13-19,21-26,39-40H,12,20H2. The van der Waals surface area contributed by atoms with Gasteiger partial charge in [-0.25, -0.2) is 0 Å². The Morgan fingerprint density at radius 2 is 0.825 bits per heavy atom. The zero-order valence-corrected chi connectivity index (χ0v) is 22.2. The first-order valence-electron chi connectivity index (χ1n) is 13.6. The summed E-state index contributed by atoms with van der Waals surface area (Å²) in [5.74, 6) is 0. The Bertz CT molecular complexity index is 1540. The van der Waals surface area contributed by atoms with E-state index in [2.05, 4.69) is 126 Å². The van der Waals surface area contributed by atoms with E-state index >= 15 is 0 Å². The van der Waals surface area contributed by atoms with Crippen molar-refractivity contribution in [2.24, 2.45) is 0 Å². The predicted molar refractivity (Wildman–Crippen MR) is 167 cm³/mol. The summed E-state index contributed by atoms with van der Waals surface area (Å²) >= 11 is 0. The lowest BCUT2D eigenvalue weighted by Gasteiger charge is -2.26. The Labute approximate surface area is 236 Å². The van der Waals surface area contributed by atoms with Crippen LogP contribution in [0, 0.1) is 0 Å². The smallest absolute Gasteiger partial charge is 0.423 e. The first-order chi connectivity index (χ1) is 19.7. The summed E-state index contributed by atoms with van der Waals surface area (Å²) in [4.78, 5) is 2.28. The van der Waals surface area contributed by atoms with Crippen molar-refractivity contribution in [2.45, 2.75) is 12.8 Å². The largest absolute Gasteiger partial charge is 0.484 e. The van der Waals surface area contributed by atoms with Crippen molar-refractivity contribution in [3.63, 3.8) is 0 Å². The van der Waals surface area contributed by atoms with Gasteiger partial charge in [0.15, 0.2) is 0 Å². The lowest BCUT2D eigenvalue weighted by atomic mass is 9.73. The maximum atomic E-state index is 9.46. The average Bonchev–Trinajstić information content (AvgIpc) is 3.03. The normalized spacial score (nSPS) is 12.8. The summed E-state index contributed by atoms with van der Waals surface area (Å²) in [5.41, 5.74) is 11.0. The molecule has 6 rings (SSSR count). The van der Waals surface area contributed by atoms with Crippen LogP contribution in [-0.2, 0) is 0 Å². The van der Waals surface area contributed by atoms with Gasteiger partial charge in [-0.05, 0) is 88.1 Å². The van der Waals surface area contributed by atoms with Crippen molar-refractivity contribution in [2.75, 3.05) is 4.90 Å². The van der Waals surface area contributed by atoms with E-state index in [-0.39, 0.29) is 0 Å². The third kappa shape index (κ3) is 5.55. The summed E-state index contributed by atoms with van der Waals surface area (Å²) in [6.45, 7) is 0. The molecule has 0 bridgehead atoms. The summed E-state index contributed by atoms with van der Waals surface area (Å²) in [6.07, 6.45) is 5.26. The van der Waals surface area contributed by atoms with Crippen molar-refractivity contribution in [1.82, 2.24) is 0 Å². The minimum atomic E-state index is -1.38. The zero-order valence-electron chi connectivity index (χ0n) is 22.2. The van der Waals surface area contributed by atoms with Gasteiger partial charge in [-0.2, -0.15) is 0 Å². The second-order valence-corrected chi connectivity index (χ2v) is 10.0. The van der Waals surface area contributed by atoms with Gasteiger partial charge in [0, 0.05) is 17.1 Å². The molecular weight excluding hydrogens is 489 g/mol. The van der Waals surface area contributed by atoms with Crippen LogP contribution in [-0.4, -0.2) is 17.2 Å². The first kappa shape index (κ1) is 25.6. The Hall–Kier alpha value is -4.64. The van der Waals surface area contributed by atoms with Crippen molar-refractivity contribution in [3.8, 4) is 22.3 Å². The molecule has 4 heteroatoms. The molecule has 0 amide bonds. The first-order valence-corrected chi connectivity index (χ1v) is 13.6.